The van der Waals surface area contributed by atoms with Gasteiger partial charge in [0.25, 0.3) is 0 Å². The van der Waals surface area contributed by atoms with Crippen LogP contribution in [0.15, 0.2) is 36.5 Å². The predicted octanol–water partition coefficient (Wildman–Crippen LogP) is 5.35. The van der Waals surface area contributed by atoms with Crippen LogP contribution in [0.2, 0.25) is 0 Å². The fraction of sp³-hybridized carbons (Fsp3) is 0.529. The van der Waals surface area contributed by atoms with Crippen molar-refractivity contribution in [2.45, 2.75) is 50.6 Å². The van der Waals surface area contributed by atoms with E-state index in [-0.39, 0.29) is 48.2 Å². The molecule has 51 heavy (non-hydrogen) atoms. The molecule has 17 heteroatoms. The number of nitrogens with one attached hydrogen (secondary N) is 1. The zero-order chi connectivity index (χ0) is 36.3. The van der Waals surface area contributed by atoms with E-state index >= 15 is 0 Å². The van der Waals surface area contributed by atoms with Gasteiger partial charge in [0.1, 0.15) is 0 Å². The Balaban J connectivity index is 1.35. The van der Waals surface area contributed by atoms with Gasteiger partial charge in [0.05, 0.1) is 86.2 Å². The van der Waals surface area contributed by atoms with Crippen LogP contribution in [0.3, 0.4) is 0 Å². The second-order valence-corrected chi connectivity index (χ2v) is 12.6. The number of hydrogen-bond acceptors (Lipinski definition) is 10. The van der Waals surface area contributed by atoms with Crippen LogP contribution >= 0.6 is 0 Å². The Kier molecular flexibility index (Phi) is 10.9. The van der Waals surface area contributed by atoms with Gasteiger partial charge in [0.2, 0.25) is 17.7 Å². The molecule has 3 aliphatic heterocycles. The number of morpholine rings is 2. The maximum Gasteiger partial charge on any atom is 0.416 e. The first-order chi connectivity index (χ1) is 24.3. The summed E-state index contributed by atoms with van der Waals surface area (Å²) in [7, 11) is 1.48. The molecule has 1 amide bonds. The van der Waals surface area contributed by atoms with Crippen molar-refractivity contribution in [1.82, 2.24) is 19.9 Å². The van der Waals surface area contributed by atoms with Crippen molar-refractivity contribution < 1.29 is 45.3 Å². The molecule has 11 nitrogen and oxygen atoms in total. The summed E-state index contributed by atoms with van der Waals surface area (Å²) >= 11 is 0. The molecule has 5 heterocycles. The van der Waals surface area contributed by atoms with Crippen LogP contribution in [0.5, 0.6) is 5.88 Å². The van der Waals surface area contributed by atoms with Crippen molar-refractivity contribution in [2.24, 2.45) is 0 Å². The summed E-state index contributed by atoms with van der Waals surface area (Å²) in [6.07, 6.45) is -7.74. The number of anilines is 3. The van der Waals surface area contributed by atoms with E-state index in [2.05, 4.69) is 10.3 Å². The molecule has 2 aromatic heterocycles. The molecule has 0 saturated carbocycles. The molecule has 0 spiro atoms. The van der Waals surface area contributed by atoms with Gasteiger partial charge >= 0.3 is 12.4 Å². The Hall–Kier alpha value is -4.22. The van der Waals surface area contributed by atoms with E-state index in [1.165, 1.54) is 13.3 Å². The lowest BCUT2D eigenvalue weighted by Crippen LogP contribution is -2.51. The van der Waals surface area contributed by atoms with Crippen molar-refractivity contribution in [3.63, 3.8) is 0 Å². The van der Waals surface area contributed by atoms with Crippen molar-refractivity contribution in [3.05, 3.63) is 64.6 Å². The number of rotatable bonds is 9. The van der Waals surface area contributed by atoms with Crippen molar-refractivity contribution in [1.29, 1.82) is 0 Å². The van der Waals surface area contributed by atoms with E-state index in [9.17, 15) is 31.1 Å². The molecular weight excluding hydrogens is 684 g/mol. The second kappa shape index (κ2) is 15.2. The summed E-state index contributed by atoms with van der Waals surface area (Å²) in [5, 5.41) is 3.31. The minimum atomic E-state index is -4.99. The Bertz CT molecular complexity index is 1660. The molecule has 2 atom stereocenters. The van der Waals surface area contributed by atoms with E-state index < -0.39 is 29.5 Å². The quantitative estimate of drug-likeness (QED) is 0.291. The third-order valence-corrected chi connectivity index (χ3v) is 9.27. The number of carbonyl (C=O) groups is 1. The third-order valence-electron chi connectivity index (χ3n) is 9.27. The first-order valence-electron chi connectivity index (χ1n) is 16.7. The van der Waals surface area contributed by atoms with Gasteiger partial charge in [-0.2, -0.15) is 26.3 Å². The zero-order valence-corrected chi connectivity index (χ0v) is 28.2. The van der Waals surface area contributed by atoms with Crippen LogP contribution in [-0.4, -0.2) is 98.1 Å². The number of hydrogen-bond donors (Lipinski definition) is 1. The van der Waals surface area contributed by atoms with E-state index in [0.717, 1.165) is 12.1 Å². The molecule has 2 saturated heterocycles. The number of ether oxygens (including phenoxy) is 3. The van der Waals surface area contributed by atoms with Crippen molar-refractivity contribution in [3.8, 4) is 5.88 Å². The molecule has 0 unspecified atom stereocenters. The highest BCUT2D eigenvalue weighted by atomic mass is 19.4. The normalized spacial score (nSPS) is 20.2. The molecule has 276 valence electrons. The lowest BCUT2D eigenvalue weighted by atomic mass is 9.93. The van der Waals surface area contributed by atoms with Crippen molar-refractivity contribution in [2.75, 3.05) is 81.4 Å². The standard InChI is InChI=1S/C34H39F6N7O4/c1-3-24-18-26(31-27(4-5-29(44-31)49-2)47(24)30(48)20-45-6-10-50-11-7-45)43-32-41-19-28(46-8-12-51-13-9-46)25(42-32)16-21-14-22(33(35,36)37)17-23(15-21)34(38,39)40/h4-5,14-15,17,19,24,26H,3,6-13,16,18,20H2,1-2H3,(H,41,42,43)/t24-,26+/m1/s1. The molecule has 0 radical (unpaired) electrons. The highest BCUT2D eigenvalue weighted by Gasteiger charge is 2.39. The van der Waals surface area contributed by atoms with Crippen LogP contribution < -0.4 is 19.9 Å². The minimum Gasteiger partial charge on any atom is -0.481 e. The van der Waals surface area contributed by atoms with Gasteiger partial charge in [-0.1, -0.05) is 6.92 Å². The summed E-state index contributed by atoms with van der Waals surface area (Å²) in [5.74, 6) is 0.349. The number of aromatic nitrogens is 3. The largest absolute Gasteiger partial charge is 0.481 e. The van der Waals surface area contributed by atoms with Gasteiger partial charge in [0.15, 0.2) is 0 Å². The molecule has 6 rings (SSSR count). The smallest absolute Gasteiger partial charge is 0.416 e. The van der Waals surface area contributed by atoms with Gasteiger partial charge < -0.3 is 29.3 Å². The van der Waals surface area contributed by atoms with E-state index in [4.69, 9.17) is 24.2 Å². The molecular formula is C34H39F6N7O4. The van der Waals surface area contributed by atoms with Crippen LogP contribution in [0.1, 0.15) is 53.9 Å². The number of methoxy groups -OCH3 is 1. The Morgan fingerprint density at radius 1 is 0.922 bits per heavy atom. The topological polar surface area (TPSA) is 105 Å². The van der Waals surface area contributed by atoms with Crippen LogP contribution in [-0.2, 0) is 33.0 Å². The Morgan fingerprint density at radius 2 is 1.57 bits per heavy atom. The summed E-state index contributed by atoms with van der Waals surface area (Å²) in [6.45, 7) is 6.22. The highest BCUT2D eigenvalue weighted by molar-refractivity contribution is 5.96. The molecule has 3 aromatic rings. The summed E-state index contributed by atoms with van der Waals surface area (Å²) in [6, 6.07) is 4.27. The van der Waals surface area contributed by atoms with Crippen LogP contribution in [0.25, 0.3) is 0 Å². The molecule has 3 aliphatic rings. The lowest BCUT2D eigenvalue weighted by Gasteiger charge is -2.41. The van der Waals surface area contributed by atoms with Crippen molar-refractivity contribution >= 4 is 23.2 Å². The van der Waals surface area contributed by atoms with E-state index in [0.29, 0.717) is 88.4 Å². The second-order valence-electron chi connectivity index (χ2n) is 12.6. The lowest BCUT2D eigenvalue weighted by molar-refractivity contribution is -0.143. The number of nitrogens with zero attached hydrogens (tertiary/aromatic N) is 6. The maximum absolute atomic E-state index is 13.8. The van der Waals surface area contributed by atoms with Crippen LogP contribution in [0.4, 0.5) is 43.7 Å². The number of benzene rings is 1. The molecule has 2 fully saturated rings. The fourth-order valence-corrected chi connectivity index (χ4v) is 6.70. The Labute approximate surface area is 290 Å². The van der Waals surface area contributed by atoms with Gasteiger partial charge in [0, 0.05) is 44.7 Å². The van der Waals surface area contributed by atoms with E-state index in [1.54, 1.807) is 17.0 Å². The minimum absolute atomic E-state index is 0.0804. The molecule has 1 aromatic carbocycles. The molecule has 1 N–H and O–H groups in total. The predicted molar refractivity (Wildman–Crippen MR) is 175 cm³/mol. The number of halogens is 6. The van der Waals surface area contributed by atoms with E-state index in [1.807, 2.05) is 16.7 Å². The maximum atomic E-state index is 13.8. The first-order valence-corrected chi connectivity index (χ1v) is 16.7. The fourth-order valence-electron chi connectivity index (χ4n) is 6.70. The summed E-state index contributed by atoms with van der Waals surface area (Å²) in [4.78, 5) is 33.4. The summed E-state index contributed by atoms with van der Waals surface area (Å²) in [5.41, 5.74) is -1.17. The SMILES string of the molecule is CC[C@@H]1C[C@H](Nc2ncc(N3CCOCC3)c(Cc3cc(C(F)(F)F)cc(C(F)(F)F)c3)n2)c2nc(OC)ccc2N1C(=O)CN1CCOCC1. The van der Waals surface area contributed by atoms with Gasteiger partial charge in [-0.15, -0.1) is 0 Å². The average Bonchev–Trinajstić information content (AvgIpc) is 3.11. The zero-order valence-electron chi connectivity index (χ0n) is 28.2. The molecule has 0 aliphatic carbocycles. The van der Waals surface area contributed by atoms with Gasteiger partial charge in [-0.05, 0) is 42.7 Å². The number of alkyl halides is 6. The Morgan fingerprint density at radius 3 is 2.18 bits per heavy atom. The highest BCUT2D eigenvalue weighted by Crippen LogP contribution is 2.41. The number of amides is 1. The first kappa shape index (κ1) is 36.6. The average molecular weight is 724 g/mol. The summed E-state index contributed by atoms with van der Waals surface area (Å²) < 4.78 is 98.7. The van der Waals surface area contributed by atoms with Crippen LogP contribution in [0, 0.1) is 0 Å². The number of carbonyl (C=O) groups excluding carboxylic acids is 1. The number of pyridine rings is 1. The van der Waals surface area contributed by atoms with Gasteiger partial charge in [-0.3, -0.25) is 9.69 Å². The van der Waals surface area contributed by atoms with Gasteiger partial charge in [-0.25, -0.2) is 15.0 Å². The third kappa shape index (κ3) is 8.47. The number of fused-ring (bicyclic) bond motifs is 1. The molecule has 0 bridgehead atoms. The monoisotopic (exact) mass is 723 g/mol.